The molecule has 0 atom stereocenters. The fourth-order valence-corrected chi connectivity index (χ4v) is 2.13. The second kappa shape index (κ2) is 7.09. The highest BCUT2D eigenvalue weighted by Crippen LogP contribution is 2.16. The molecule has 1 heterocycles. The van der Waals surface area contributed by atoms with Crippen LogP contribution in [0.1, 0.15) is 42.4 Å². The molecular weight excluding hydrogens is 278 g/mol. The Balaban J connectivity index is 2.28. The summed E-state index contributed by atoms with van der Waals surface area (Å²) in [6, 6.07) is 1.62. The van der Waals surface area contributed by atoms with E-state index in [0.717, 1.165) is 4.88 Å². The summed E-state index contributed by atoms with van der Waals surface area (Å²) < 4.78 is 5.09. The van der Waals surface area contributed by atoms with Crippen LogP contribution >= 0.6 is 11.3 Å². The van der Waals surface area contributed by atoms with Crippen LogP contribution in [0.5, 0.6) is 0 Å². The van der Waals surface area contributed by atoms with Gasteiger partial charge in [-0.15, -0.1) is 11.3 Å². The average Bonchev–Trinajstić information content (AvgIpc) is 2.75. The van der Waals surface area contributed by atoms with E-state index >= 15 is 0 Å². The van der Waals surface area contributed by atoms with Gasteiger partial charge in [0.05, 0.1) is 5.56 Å². The number of alkyl carbamates (subject to hydrolysis) is 1. The highest BCUT2D eigenvalue weighted by atomic mass is 32.1. The molecule has 6 heteroatoms. The summed E-state index contributed by atoms with van der Waals surface area (Å²) >= 11 is 1.37. The highest BCUT2D eigenvalue weighted by Gasteiger charge is 2.15. The largest absolute Gasteiger partial charge is 0.478 e. The molecule has 1 amide bonds. The number of carboxylic acids is 1. The first-order valence-electron chi connectivity index (χ1n) is 6.23. The summed E-state index contributed by atoms with van der Waals surface area (Å²) in [7, 11) is 0. The summed E-state index contributed by atoms with van der Waals surface area (Å²) in [6.07, 6.45) is 3.94. The van der Waals surface area contributed by atoms with Crippen molar-refractivity contribution in [3.63, 3.8) is 0 Å². The van der Waals surface area contributed by atoms with Crippen molar-refractivity contribution in [2.24, 2.45) is 0 Å². The van der Waals surface area contributed by atoms with E-state index in [9.17, 15) is 9.59 Å². The van der Waals surface area contributed by atoms with Gasteiger partial charge in [0, 0.05) is 16.8 Å². The Kier molecular flexibility index (Phi) is 5.76. The first-order valence-corrected chi connectivity index (χ1v) is 7.11. The monoisotopic (exact) mass is 297 g/mol. The number of ether oxygens (including phenoxy) is 1. The molecule has 0 aliphatic heterocycles. The Bertz CT molecular complexity index is 500. The molecule has 0 aromatic carbocycles. The number of carbonyl (C=O) groups is 2. The van der Waals surface area contributed by atoms with Gasteiger partial charge in [0.2, 0.25) is 0 Å². The van der Waals surface area contributed by atoms with E-state index in [1.807, 2.05) is 32.9 Å². The molecule has 0 fully saturated rings. The minimum absolute atomic E-state index is 0.293. The second-order valence-corrected chi connectivity index (χ2v) is 6.11. The third-order valence-electron chi connectivity index (χ3n) is 2.13. The van der Waals surface area contributed by atoms with Crippen LogP contribution in [0.25, 0.3) is 6.08 Å². The SMILES string of the molecule is CC(C)(C)OC(=O)NCCC=Cc1cc(C(=O)O)cs1. The van der Waals surface area contributed by atoms with Gasteiger partial charge in [0.25, 0.3) is 0 Å². The molecule has 0 saturated carbocycles. The van der Waals surface area contributed by atoms with Gasteiger partial charge < -0.3 is 15.2 Å². The number of nitrogens with one attached hydrogen (secondary N) is 1. The minimum atomic E-state index is -0.924. The molecule has 1 aromatic rings. The molecule has 0 aliphatic carbocycles. The summed E-state index contributed by atoms with van der Waals surface area (Å²) in [5, 5.41) is 13.0. The van der Waals surface area contributed by atoms with Gasteiger partial charge >= 0.3 is 12.1 Å². The maximum Gasteiger partial charge on any atom is 0.407 e. The first kappa shape index (κ1) is 16.2. The van der Waals surface area contributed by atoms with Crippen LogP contribution in [-0.2, 0) is 4.74 Å². The number of hydrogen-bond acceptors (Lipinski definition) is 4. The van der Waals surface area contributed by atoms with E-state index in [0.29, 0.717) is 18.5 Å². The Hall–Kier alpha value is -1.82. The van der Waals surface area contributed by atoms with Crippen LogP contribution in [0.4, 0.5) is 4.79 Å². The molecular formula is C14H19NO4S. The van der Waals surface area contributed by atoms with E-state index in [4.69, 9.17) is 9.84 Å². The lowest BCUT2D eigenvalue weighted by molar-refractivity contribution is 0.0528. The zero-order chi connectivity index (χ0) is 15.2. The van der Waals surface area contributed by atoms with Crippen molar-refractivity contribution in [1.29, 1.82) is 0 Å². The van der Waals surface area contributed by atoms with Crippen LogP contribution in [0.3, 0.4) is 0 Å². The number of aromatic carboxylic acids is 1. The zero-order valence-electron chi connectivity index (χ0n) is 11.8. The van der Waals surface area contributed by atoms with E-state index in [2.05, 4.69) is 5.32 Å². The number of carboxylic acid groups (broad SMARTS) is 1. The van der Waals surface area contributed by atoms with E-state index in [1.54, 1.807) is 11.4 Å². The van der Waals surface area contributed by atoms with Crippen LogP contribution in [0, 0.1) is 0 Å². The standard InChI is InChI=1S/C14H19NO4S/c1-14(2,3)19-13(18)15-7-5-4-6-11-8-10(9-20-11)12(16)17/h4,6,8-9H,5,7H2,1-3H3,(H,15,18)(H,16,17). The fourth-order valence-electron chi connectivity index (χ4n) is 1.32. The lowest BCUT2D eigenvalue weighted by Crippen LogP contribution is -2.32. The first-order chi connectivity index (χ1) is 9.28. The zero-order valence-corrected chi connectivity index (χ0v) is 12.6. The predicted molar refractivity (Wildman–Crippen MR) is 79.2 cm³/mol. The van der Waals surface area contributed by atoms with E-state index < -0.39 is 17.7 Å². The third kappa shape index (κ3) is 6.38. The molecule has 0 unspecified atom stereocenters. The van der Waals surface area contributed by atoms with E-state index in [1.165, 1.54) is 11.3 Å². The number of hydrogen-bond donors (Lipinski definition) is 2. The van der Waals surface area contributed by atoms with Crippen LogP contribution < -0.4 is 5.32 Å². The van der Waals surface area contributed by atoms with Crippen molar-refractivity contribution in [2.45, 2.75) is 32.8 Å². The summed E-state index contributed by atoms with van der Waals surface area (Å²) in [4.78, 5) is 22.9. The second-order valence-electron chi connectivity index (χ2n) is 5.16. The van der Waals surface area contributed by atoms with Gasteiger partial charge in [0.15, 0.2) is 0 Å². The van der Waals surface area contributed by atoms with Crippen molar-refractivity contribution >= 4 is 29.5 Å². The van der Waals surface area contributed by atoms with Gasteiger partial charge in [-0.2, -0.15) is 0 Å². The molecule has 110 valence electrons. The van der Waals surface area contributed by atoms with E-state index in [-0.39, 0.29) is 0 Å². The van der Waals surface area contributed by atoms with Crippen molar-refractivity contribution in [1.82, 2.24) is 5.32 Å². The Labute approximate surface area is 122 Å². The number of rotatable bonds is 5. The molecule has 0 aliphatic rings. The van der Waals surface area contributed by atoms with Crippen LogP contribution in [0.2, 0.25) is 0 Å². The maximum atomic E-state index is 11.3. The van der Waals surface area contributed by atoms with Gasteiger partial charge in [-0.1, -0.05) is 6.08 Å². The molecule has 0 saturated heterocycles. The fraction of sp³-hybridized carbons (Fsp3) is 0.429. The van der Waals surface area contributed by atoms with Crippen molar-refractivity contribution in [3.05, 3.63) is 28.0 Å². The minimum Gasteiger partial charge on any atom is -0.478 e. The smallest absolute Gasteiger partial charge is 0.407 e. The summed E-state index contributed by atoms with van der Waals surface area (Å²) in [5.41, 5.74) is -0.203. The summed E-state index contributed by atoms with van der Waals surface area (Å²) in [6.45, 7) is 5.90. The molecule has 0 radical (unpaired) electrons. The molecule has 1 aromatic heterocycles. The molecule has 20 heavy (non-hydrogen) atoms. The third-order valence-corrected chi connectivity index (χ3v) is 3.03. The van der Waals surface area contributed by atoms with Gasteiger partial charge in [0.1, 0.15) is 5.60 Å². The average molecular weight is 297 g/mol. The molecule has 0 spiro atoms. The quantitative estimate of drug-likeness (QED) is 0.817. The Morgan fingerprint density at radius 1 is 1.45 bits per heavy atom. The Morgan fingerprint density at radius 3 is 2.70 bits per heavy atom. The van der Waals surface area contributed by atoms with Crippen molar-refractivity contribution in [3.8, 4) is 0 Å². The maximum absolute atomic E-state index is 11.3. The highest BCUT2D eigenvalue weighted by molar-refractivity contribution is 7.11. The number of amides is 1. The van der Waals surface area contributed by atoms with Crippen molar-refractivity contribution in [2.75, 3.05) is 6.54 Å². The van der Waals surface area contributed by atoms with Gasteiger partial charge in [-0.25, -0.2) is 9.59 Å². The predicted octanol–water partition coefficient (Wildman–Crippen LogP) is 3.37. The van der Waals surface area contributed by atoms with Crippen molar-refractivity contribution < 1.29 is 19.4 Å². The molecule has 0 bridgehead atoms. The van der Waals surface area contributed by atoms with Crippen LogP contribution in [0.15, 0.2) is 17.5 Å². The van der Waals surface area contributed by atoms with Gasteiger partial charge in [-0.05, 0) is 39.3 Å². The topological polar surface area (TPSA) is 75.6 Å². The number of carbonyl (C=O) groups excluding carboxylic acids is 1. The Morgan fingerprint density at radius 2 is 2.15 bits per heavy atom. The molecule has 2 N–H and O–H groups in total. The number of thiophene rings is 1. The lowest BCUT2D eigenvalue weighted by Gasteiger charge is -2.19. The molecule has 1 rings (SSSR count). The normalized spacial score (nSPS) is 11.6. The summed E-state index contributed by atoms with van der Waals surface area (Å²) in [5.74, 6) is -0.924. The lowest BCUT2D eigenvalue weighted by atomic mass is 10.2. The van der Waals surface area contributed by atoms with Gasteiger partial charge in [-0.3, -0.25) is 0 Å². The molecule has 5 nitrogen and oxygen atoms in total. The van der Waals surface area contributed by atoms with Crippen LogP contribution in [-0.4, -0.2) is 29.3 Å².